The predicted molar refractivity (Wildman–Crippen MR) is 244 cm³/mol. The van der Waals surface area contributed by atoms with E-state index in [9.17, 15) is 0 Å². The number of rotatable bonds is 5. The highest BCUT2D eigenvalue weighted by Crippen LogP contribution is 2.40. The molecule has 0 aliphatic rings. The van der Waals surface area contributed by atoms with Crippen molar-refractivity contribution in [2.24, 2.45) is 0 Å². The van der Waals surface area contributed by atoms with E-state index in [-0.39, 0.29) is 0 Å². The number of para-hydroxylation sites is 5. The van der Waals surface area contributed by atoms with E-state index in [1.165, 1.54) is 65.6 Å². The fourth-order valence-electron chi connectivity index (χ4n) is 9.77. The molecule has 5 nitrogen and oxygen atoms in total. The summed E-state index contributed by atoms with van der Waals surface area (Å²) >= 11 is 0. The molecular formula is C54H34N4O. The topological polar surface area (TPSA) is 40.8 Å². The molecule has 0 spiro atoms. The van der Waals surface area contributed by atoms with Crippen LogP contribution in [0.1, 0.15) is 11.1 Å². The van der Waals surface area contributed by atoms with Crippen LogP contribution in [-0.4, -0.2) is 18.7 Å². The van der Waals surface area contributed by atoms with Gasteiger partial charge in [-0.15, -0.1) is 0 Å². The average molecular weight is 755 g/mol. The van der Waals surface area contributed by atoms with Gasteiger partial charge in [0.15, 0.2) is 5.58 Å². The summed E-state index contributed by atoms with van der Waals surface area (Å²) in [6.45, 7) is 0. The second-order valence-corrected chi connectivity index (χ2v) is 15.6. The van der Waals surface area contributed by atoms with Crippen LogP contribution >= 0.6 is 0 Å². The van der Waals surface area contributed by atoms with Crippen molar-refractivity contribution >= 4 is 87.4 Å². The van der Waals surface area contributed by atoms with E-state index in [0.717, 1.165) is 56.3 Å². The number of pyridine rings is 1. The van der Waals surface area contributed by atoms with Gasteiger partial charge in [-0.05, 0) is 96.4 Å². The Morgan fingerprint density at radius 3 is 1.63 bits per heavy atom. The van der Waals surface area contributed by atoms with Gasteiger partial charge >= 0.3 is 0 Å². The van der Waals surface area contributed by atoms with E-state index in [2.05, 4.69) is 201 Å². The summed E-state index contributed by atoms with van der Waals surface area (Å²) in [6.07, 6.45) is 4.68. The van der Waals surface area contributed by atoms with Crippen molar-refractivity contribution in [1.82, 2.24) is 18.7 Å². The molecule has 0 radical (unpaired) electrons. The van der Waals surface area contributed by atoms with E-state index >= 15 is 0 Å². The third kappa shape index (κ3) is 4.70. The number of aromatic nitrogens is 4. The Kier molecular flexibility index (Phi) is 6.72. The van der Waals surface area contributed by atoms with Crippen LogP contribution < -0.4 is 0 Å². The van der Waals surface area contributed by atoms with E-state index < -0.39 is 0 Å². The summed E-state index contributed by atoms with van der Waals surface area (Å²) in [5.41, 5.74) is 14.7. The fraction of sp³-hybridized carbons (Fsp3) is 0.0185. The van der Waals surface area contributed by atoms with Crippen LogP contribution in [0.2, 0.25) is 0 Å². The molecule has 0 N–H and O–H groups in total. The van der Waals surface area contributed by atoms with Crippen LogP contribution in [0, 0.1) is 0 Å². The van der Waals surface area contributed by atoms with Crippen LogP contribution in [0.5, 0.6) is 0 Å². The molecule has 0 aliphatic carbocycles. The van der Waals surface area contributed by atoms with Crippen LogP contribution in [-0.2, 0) is 6.42 Å². The molecular weight excluding hydrogens is 721 g/mol. The van der Waals surface area contributed by atoms with Crippen molar-refractivity contribution in [2.75, 3.05) is 0 Å². The van der Waals surface area contributed by atoms with Crippen LogP contribution in [0.25, 0.3) is 104 Å². The Morgan fingerprint density at radius 1 is 0.373 bits per heavy atom. The summed E-state index contributed by atoms with van der Waals surface area (Å²) in [5.74, 6) is 0. The van der Waals surface area contributed by atoms with E-state index in [0.29, 0.717) is 0 Å². The molecule has 276 valence electrons. The zero-order chi connectivity index (χ0) is 38.6. The number of fused-ring (bicyclic) bond motifs is 12. The Hall–Kier alpha value is -7.89. The number of nitrogens with zero attached hydrogens (tertiary/aromatic N) is 4. The molecule has 5 heterocycles. The number of hydrogen-bond acceptors (Lipinski definition) is 2. The third-order valence-electron chi connectivity index (χ3n) is 12.4. The van der Waals surface area contributed by atoms with Crippen molar-refractivity contribution in [2.45, 2.75) is 6.42 Å². The summed E-state index contributed by atoms with van der Waals surface area (Å²) in [4.78, 5) is 4.45. The number of furan rings is 1. The Morgan fingerprint density at radius 2 is 0.915 bits per heavy atom. The van der Waals surface area contributed by atoms with Crippen molar-refractivity contribution in [3.8, 4) is 17.1 Å². The largest absolute Gasteiger partial charge is 0.454 e. The molecule has 0 bridgehead atoms. The monoisotopic (exact) mass is 754 g/mol. The van der Waals surface area contributed by atoms with Gasteiger partial charge < -0.3 is 18.1 Å². The second-order valence-electron chi connectivity index (χ2n) is 15.6. The maximum Gasteiger partial charge on any atom is 0.159 e. The minimum Gasteiger partial charge on any atom is -0.454 e. The van der Waals surface area contributed by atoms with E-state index in [4.69, 9.17) is 4.42 Å². The van der Waals surface area contributed by atoms with Crippen molar-refractivity contribution in [1.29, 1.82) is 0 Å². The maximum atomic E-state index is 6.68. The number of benzene rings is 8. The quantitative estimate of drug-likeness (QED) is 0.176. The van der Waals surface area contributed by atoms with Gasteiger partial charge in [0.1, 0.15) is 5.58 Å². The molecule has 0 amide bonds. The lowest BCUT2D eigenvalue weighted by Gasteiger charge is -2.11. The van der Waals surface area contributed by atoms with Gasteiger partial charge in [-0.3, -0.25) is 4.98 Å². The zero-order valence-electron chi connectivity index (χ0n) is 31.9. The van der Waals surface area contributed by atoms with Gasteiger partial charge in [0.25, 0.3) is 0 Å². The first-order valence-electron chi connectivity index (χ1n) is 20.2. The molecule has 0 saturated heterocycles. The molecule has 5 aromatic heterocycles. The summed E-state index contributed by atoms with van der Waals surface area (Å²) in [6, 6.07) is 65.8. The highest BCUT2D eigenvalue weighted by atomic mass is 16.3. The van der Waals surface area contributed by atoms with Crippen LogP contribution in [0.15, 0.2) is 199 Å². The fourth-order valence-corrected chi connectivity index (χ4v) is 9.77. The van der Waals surface area contributed by atoms with Gasteiger partial charge in [0, 0.05) is 66.9 Å². The van der Waals surface area contributed by atoms with Crippen molar-refractivity contribution in [3.05, 3.63) is 206 Å². The molecule has 13 rings (SSSR count). The summed E-state index contributed by atoms with van der Waals surface area (Å²) in [7, 11) is 0. The summed E-state index contributed by atoms with van der Waals surface area (Å²) < 4.78 is 13.8. The van der Waals surface area contributed by atoms with Crippen LogP contribution in [0.3, 0.4) is 0 Å². The third-order valence-corrected chi connectivity index (χ3v) is 12.4. The standard InChI is InChI=1S/C54H34N4O/c1-7-17-48-38(10-1)39-11-2-8-18-49(39)58(48)52-19-9-14-42-44-31-35(22-27-53(44)59-54(42)52)30-34-20-23-36(24-21-34)56-46-15-5-3-12-40(46)43-32-37(25-26-50(43)56)57-47-16-6-4-13-41(47)45-33-55-29-28-51(45)57/h1-29,31-33H,30H2. The van der Waals surface area contributed by atoms with Gasteiger partial charge in [-0.2, -0.15) is 0 Å². The molecule has 0 unspecified atom stereocenters. The smallest absolute Gasteiger partial charge is 0.159 e. The molecule has 0 fully saturated rings. The average Bonchev–Trinajstić information content (AvgIpc) is 4.03. The molecule has 0 saturated carbocycles. The lowest BCUT2D eigenvalue weighted by molar-refractivity contribution is 0.666. The molecule has 8 aromatic carbocycles. The SMILES string of the molecule is c1cc(-n2c3ccccc3c3ccccc32)c2oc3ccc(Cc4ccc(-n5c6ccccc6c6cc(-n7c8ccccc8c8cnccc87)ccc65)cc4)cc3c2c1. The maximum absolute atomic E-state index is 6.68. The van der Waals surface area contributed by atoms with Gasteiger partial charge in [0.2, 0.25) is 0 Å². The van der Waals surface area contributed by atoms with Gasteiger partial charge in [0.05, 0.1) is 38.8 Å². The second kappa shape index (κ2) is 12.3. The highest BCUT2D eigenvalue weighted by molar-refractivity contribution is 6.14. The Balaban J connectivity index is 0.869. The van der Waals surface area contributed by atoms with E-state index in [1.807, 2.05) is 12.4 Å². The minimum atomic E-state index is 0.820. The molecule has 13 aromatic rings. The lowest BCUT2D eigenvalue weighted by Crippen LogP contribution is -1.96. The number of hydrogen-bond donors (Lipinski definition) is 0. The molecule has 59 heavy (non-hydrogen) atoms. The van der Waals surface area contributed by atoms with Crippen LogP contribution in [0.4, 0.5) is 0 Å². The van der Waals surface area contributed by atoms with Gasteiger partial charge in [-0.25, -0.2) is 0 Å². The summed E-state index contributed by atoms with van der Waals surface area (Å²) in [5, 5.41) is 9.58. The normalized spacial score (nSPS) is 12.1. The Bertz CT molecular complexity index is 3710. The highest BCUT2D eigenvalue weighted by Gasteiger charge is 2.19. The van der Waals surface area contributed by atoms with Gasteiger partial charge in [-0.1, -0.05) is 103 Å². The molecule has 0 aliphatic heterocycles. The van der Waals surface area contributed by atoms with Crippen molar-refractivity contribution in [3.63, 3.8) is 0 Å². The van der Waals surface area contributed by atoms with E-state index in [1.54, 1.807) is 0 Å². The first-order chi connectivity index (χ1) is 29.3. The zero-order valence-corrected chi connectivity index (χ0v) is 31.9. The first kappa shape index (κ1) is 32.2. The molecule has 0 atom stereocenters. The Labute approximate surface area is 338 Å². The van der Waals surface area contributed by atoms with Crippen molar-refractivity contribution < 1.29 is 4.42 Å². The minimum absolute atomic E-state index is 0.820. The molecule has 5 heteroatoms. The predicted octanol–water partition coefficient (Wildman–Crippen LogP) is 13.9. The first-order valence-corrected chi connectivity index (χ1v) is 20.2. The lowest BCUT2D eigenvalue weighted by atomic mass is 10.0.